The van der Waals surface area contributed by atoms with Crippen LogP contribution in [0.5, 0.6) is 0 Å². The van der Waals surface area contributed by atoms with E-state index in [4.69, 9.17) is 0 Å². The molecule has 2 rings (SSSR count). The van der Waals surface area contributed by atoms with Crippen molar-refractivity contribution in [3.8, 4) is 6.07 Å². The number of rotatable bonds is 5. The molecule has 0 aromatic carbocycles. The van der Waals surface area contributed by atoms with Gasteiger partial charge in [-0.25, -0.2) is 0 Å². The Balaban J connectivity index is 2.31. The first-order valence-electron chi connectivity index (χ1n) is 7.20. The highest BCUT2D eigenvalue weighted by atomic mass is 15.2. The molecule has 1 aliphatic rings. The molecule has 0 atom stereocenters. The molecule has 4 heteroatoms. The van der Waals surface area contributed by atoms with Gasteiger partial charge in [0.15, 0.2) is 5.82 Å². The quantitative estimate of drug-likeness (QED) is 0.815. The molecule has 0 N–H and O–H groups in total. The molecular weight excluding hydrogens is 236 g/mol. The summed E-state index contributed by atoms with van der Waals surface area (Å²) < 4.78 is 0. The van der Waals surface area contributed by atoms with Crippen LogP contribution in [0.3, 0.4) is 0 Å². The second-order valence-corrected chi connectivity index (χ2v) is 5.32. The van der Waals surface area contributed by atoms with E-state index in [1.165, 1.54) is 19.3 Å². The number of aromatic nitrogens is 2. The molecule has 0 aliphatic heterocycles. The van der Waals surface area contributed by atoms with E-state index < -0.39 is 0 Å². The molecule has 1 aromatic rings. The van der Waals surface area contributed by atoms with Crippen molar-refractivity contribution in [3.63, 3.8) is 0 Å². The normalized spacial score (nSPS) is 14.8. The van der Waals surface area contributed by atoms with Crippen molar-refractivity contribution in [2.24, 2.45) is 5.92 Å². The Morgan fingerprint density at radius 3 is 2.47 bits per heavy atom. The van der Waals surface area contributed by atoms with Gasteiger partial charge in [-0.1, -0.05) is 20.3 Å². The molecule has 0 radical (unpaired) electrons. The fourth-order valence-electron chi connectivity index (χ4n) is 2.70. The third-order valence-electron chi connectivity index (χ3n) is 4.06. The number of aryl methyl sites for hydroxylation is 1. The Morgan fingerprint density at radius 2 is 2.00 bits per heavy atom. The zero-order valence-electron chi connectivity index (χ0n) is 12.1. The summed E-state index contributed by atoms with van der Waals surface area (Å²) in [5.74, 6) is 1.51. The zero-order chi connectivity index (χ0) is 13.8. The van der Waals surface area contributed by atoms with Gasteiger partial charge in [-0.15, -0.1) is 5.10 Å². The monoisotopic (exact) mass is 258 g/mol. The lowest BCUT2D eigenvalue weighted by atomic mass is 9.85. The van der Waals surface area contributed by atoms with Gasteiger partial charge in [0, 0.05) is 13.6 Å². The van der Waals surface area contributed by atoms with E-state index in [1.54, 1.807) is 0 Å². The predicted octanol–water partition coefficient (Wildman–Crippen LogP) is 2.71. The van der Waals surface area contributed by atoms with Crippen LogP contribution in [0, 0.1) is 17.2 Å². The Bertz CT molecular complexity index is 486. The van der Waals surface area contributed by atoms with E-state index >= 15 is 0 Å². The van der Waals surface area contributed by atoms with Gasteiger partial charge < -0.3 is 4.90 Å². The zero-order valence-corrected chi connectivity index (χ0v) is 12.1. The number of hydrogen-bond acceptors (Lipinski definition) is 4. The lowest BCUT2D eigenvalue weighted by Crippen LogP contribution is -2.31. The average Bonchev–Trinajstić information content (AvgIpc) is 2.40. The average molecular weight is 258 g/mol. The number of nitriles is 1. The summed E-state index contributed by atoms with van der Waals surface area (Å²) >= 11 is 0. The lowest BCUT2D eigenvalue weighted by Gasteiger charge is -2.31. The predicted molar refractivity (Wildman–Crippen MR) is 76.1 cm³/mol. The van der Waals surface area contributed by atoms with Gasteiger partial charge in [0.2, 0.25) is 0 Å². The van der Waals surface area contributed by atoms with E-state index in [0.717, 1.165) is 47.9 Å². The van der Waals surface area contributed by atoms with Crippen LogP contribution in [0.2, 0.25) is 0 Å². The smallest absolute Gasteiger partial charge is 0.169 e. The summed E-state index contributed by atoms with van der Waals surface area (Å²) in [7, 11) is 2.02. The van der Waals surface area contributed by atoms with Crippen LogP contribution in [0.4, 0.5) is 5.82 Å². The maximum absolute atomic E-state index is 9.46. The summed E-state index contributed by atoms with van der Waals surface area (Å²) in [5, 5.41) is 18.1. The van der Waals surface area contributed by atoms with Gasteiger partial charge in [-0.3, -0.25) is 0 Å². The highest BCUT2D eigenvalue weighted by Crippen LogP contribution is 2.29. The van der Waals surface area contributed by atoms with Crippen LogP contribution < -0.4 is 4.90 Å². The van der Waals surface area contributed by atoms with E-state index in [-0.39, 0.29) is 0 Å². The van der Waals surface area contributed by atoms with Crippen molar-refractivity contribution in [2.75, 3.05) is 18.5 Å². The maximum Gasteiger partial charge on any atom is 0.169 e. The van der Waals surface area contributed by atoms with Crippen LogP contribution in [-0.4, -0.2) is 23.8 Å². The van der Waals surface area contributed by atoms with Crippen molar-refractivity contribution in [3.05, 3.63) is 16.8 Å². The molecule has 4 nitrogen and oxygen atoms in total. The first-order valence-corrected chi connectivity index (χ1v) is 7.20. The molecule has 0 bridgehead atoms. The SMILES string of the molecule is CCc1nnc(N(C)CC2CCC2)c(C#N)c1CC. The molecule has 1 fully saturated rings. The summed E-state index contributed by atoms with van der Waals surface area (Å²) in [5.41, 5.74) is 2.74. The molecular formula is C15H22N4. The summed E-state index contributed by atoms with van der Waals surface area (Å²) in [4.78, 5) is 2.11. The third-order valence-corrected chi connectivity index (χ3v) is 4.06. The number of hydrogen-bond donors (Lipinski definition) is 0. The van der Waals surface area contributed by atoms with E-state index in [2.05, 4.69) is 35.0 Å². The highest BCUT2D eigenvalue weighted by molar-refractivity contribution is 5.57. The molecule has 102 valence electrons. The lowest BCUT2D eigenvalue weighted by molar-refractivity contribution is 0.321. The van der Waals surface area contributed by atoms with Gasteiger partial charge in [-0.05, 0) is 37.2 Å². The van der Waals surface area contributed by atoms with E-state index in [0.29, 0.717) is 0 Å². The minimum Gasteiger partial charge on any atom is -0.357 e. The van der Waals surface area contributed by atoms with Gasteiger partial charge in [0.1, 0.15) is 11.6 Å². The van der Waals surface area contributed by atoms with Crippen LogP contribution in [0.25, 0.3) is 0 Å². The molecule has 0 amide bonds. The van der Waals surface area contributed by atoms with Crippen molar-refractivity contribution in [1.82, 2.24) is 10.2 Å². The Morgan fingerprint density at radius 1 is 1.26 bits per heavy atom. The van der Waals surface area contributed by atoms with Crippen LogP contribution in [0.15, 0.2) is 0 Å². The van der Waals surface area contributed by atoms with Gasteiger partial charge in [0.25, 0.3) is 0 Å². The summed E-state index contributed by atoms with van der Waals surface area (Å²) in [6.45, 7) is 5.12. The van der Waals surface area contributed by atoms with E-state index in [1.807, 2.05) is 7.05 Å². The Kier molecular flexibility index (Phi) is 4.36. The molecule has 1 aromatic heterocycles. The molecule has 1 saturated carbocycles. The number of nitrogens with zero attached hydrogens (tertiary/aromatic N) is 4. The van der Waals surface area contributed by atoms with Crippen LogP contribution in [0.1, 0.15) is 49.9 Å². The van der Waals surface area contributed by atoms with Crippen molar-refractivity contribution < 1.29 is 0 Å². The van der Waals surface area contributed by atoms with Crippen LogP contribution >= 0.6 is 0 Å². The van der Waals surface area contributed by atoms with Gasteiger partial charge in [0.05, 0.1) is 5.69 Å². The molecule has 0 saturated heterocycles. The second kappa shape index (κ2) is 6.01. The minimum absolute atomic E-state index is 0.719. The van der Waals surface area contributed by atoms with Gasteiger partial charge in [-0.2, -0.15) is 10.4 Å². The highest BCUT2D eigenvalue weighted by Gasteiger charge is 2.23. The molecule has 0 spiro atoms. The Labute approximate surface area is 115 Å². The standard InChI is InChI=1S/C15H22N4/c1-4-12-13(9-16)15(18-17-14(12)5-2)19(3)10-11-7-6-8-11/h11H,4-8,10H2,1-3H3. The first-order chi connectivity index (χ1) is 9.21. The molecule has 1 heterocycles. The molecule has 19 heavy (non-hydrogen) atoms. The topological polar surface area (TPSA) is 52.8 Å². The minimum atomic E-state index is 0.719. The van der Waals surface area contributed by atoms with Crippen molar-refractivity contribution >= 4 is 5.82 Å². The van der Waals surface area contributed by atoms with Crippen molar-refractivity contribution in [1.29, 1.82) is 5.26 Å². The second-order valence-electron chi connectivity index (χ2n) is 5.32. The summed E-state index contributed by atoms with van der Waals surface area (Å²) in [6, 6.07) is 2.34. The Hall–Kier alpha value is -1.63. The maximum atomic E-state index is 9.46. The molecule has 1 aliphatic carbocycles. The first kappa shape index (κ1) is 13.8. The van der Waals surface area contributed by atoms with Crippen molar-refractivity contribution in [2.45, 2.75) is 46.0 Å². The van der Waals surface area contributed by atoms with E-state index in [9.17, 15) is 5.26 Å². The fourth-order valence-corrected chi connectivity index (χ4v) is 2.70. The van der Waals surface area contributed by atoms with Gasteiger partial charge >= 0.3 is 0 Å². The fraction of sp³-hybridized carbons (Fsp3) is 0.667. The largest absolute Gasteiger partial charge is 0.357 e. The summed E-state index contributed by atoms with van der Waals surface area (Å²) in [6.07, 6.45) is 5.61. The molecule has 0 unspecified atom stereocenters. The third kappa shape index (κ3) is 2.70. The van der Waals surface area contributed by atoms with Crippen LogP contribution in [-0.2, 0) is 12.8 Å². The number of anilines is 1.